The Morgan fingerprint density at radius 1 is 1.37 bits per heavy atom. The Morgan fingerprint density at radius 2 is 2.10 bits per heavy atom. The number of nitrogens with one attached hydrogen (secondary N) is 1. The summed E-state index contributed by atoms with van der Waals surface area (Å²) < 4.78 is 5.54. The van der Waals surface area contributed by atoms with E-state index < -0.39 is 10.8 Å². The Labute approximate surface area is 175 Å². The molecular formula is C22H26N4O4. The third-order valence-corrected chi connectivity index (χ3v) is 5.67. The number of nitro benzene ring substituents is 1. The highest BCUT2D eigenvalue weighted by Gasteiger charge is 2.34. The molecule has 1 atom stereocenters. The van der Waals surface area contributed by atoms with Gasteiger partial charge in [-0.1, -0.05) is 13.0 Å². The van der Waals surface area contributed by atoms with Gasteiger partial charge in [0, 0.05) is 47.6 Å². The summed E-state index contributed by atoms with van der Waals surface area (Å²) in [6.45, 7) is 6.64. The van der Waals surface area contributed by atoms with Crippen molar-refractivity contribution in [3.63, 3.8) is 0 Å². The molecule has 30 heavy (non-hydrogen) atoms. The predicted molar refractivity (Wildman–Crippen MR) is 117 cm³/mol. The highest BCUT2D eigenvalue weighted by Crippen LogP contribution is 2.44. The Kier molecular flexibility index (Phi) is 5.78. The minimum atomic E-state index is -0.544. The SMILES string of the molecule is COc1cc2c(cc1/C=N\NC(=O)c1cccc([N+](=O)[O-])c1)C(C)CC(C)(C)N2C. The van der Waals surface area contributed by atoms with Gasteiger partial charge in [-0.2, -0.15) is 5.10 Å². The lowest BCUT2D eigenvalue weighted by molar-refractivity contribution is -0.384. The van der Waals surface area contributed by atoms with E-state index in [4.69, 9.17) is 4.74 Å². The molecule has 0 aliphatic carbocycles. The first-order chi connectivity index (χ1) is 14.1. The summed E-state index contributed by atoms with van der Waals surface area (Å²) in [5, 5.41) is 14.9. The van der Waals surface area contributed by atoms with Gasteiger partial charge >= 0.3 is 0 Å². The second kappa shape index (κ2) is 8.14. The van der Waals surface area contributed by atoms with Gasteiger partial charge in [-0.3, -0.25) is 14.9 Å². The number of nitro groups is 1. The first-order valence-corrected chi connectivity index (χ1v) is 9.67. The molecule has 1 amide bonds. The summed E-state index contributed by atoms with van der Waals surface area (Å²) in [6.07, 6.45) is 2.55. The lowest BCUT2D eigenvalue weighted by Crippen LogP contribution is -2.45. The lowest BCUT2D eigenvalue weighted by atomic mass is 9.80. The van der Waals surface area contributed by atoms with Crippen molar-refractivity contribution in [3.8, 4) is 5.75 Å². The minimum Gasteiger partial charge on any atom is -0.496 e. The number of carbonyl (C=O) groups is 1. The molecule has 0 saturated carbocycles. The summed E-state index contributed by atoms with van der Waals surface area (Å²) in [6, 6.07) is 9.53. The van der Waals surface area contributed by atoms with Crippen LogP contribution < -0.4 is 15.1 Å². The highest BCUT2D eigenvalue weighted by molar-refractivity contribution is 5.95. The molecule has 0 aromatic heterocycles. The Bertz CT molecular complexity index is 1020. The van der Waals surface area contributed by atoms with Gasteiger partial charge in [-0.25, -0.2) is 5.43 Å². The fraction of sp³-hybridized carbons (Fsp3) is 0.364. The summed E-state index contributed by atoms with van der Waals surface area (Å²) in [4.78, 5) is 24.9. The van der Waals surface area contributed by atoms with Crippen LogP contribution in [0.4, 0.5) is 11.4 Å². The number of ether oxygens (including phenoxy) is 1. The van der Waals surface area contributed by atoms with Gasteiger partial charge in [-0.15, -0.1) is 0 Å². The molecular weight excluding hydrogens is 384 g/mol. The van der Waals surface area contributed by atoms with Gasteiger partial charge in [0.25, 0.3) is 11.6 Å². The molecule has 8 nitrogen and oxygen atoms in total. The molecule has 1 unspecified atom stereocenters. The Hall–Kier alpha value is -3.42. The van der Waals surface area contributed by atoms with Gasteiger partial charge < -0.3 is 9.64 Å². The van der Waals surface area contributed by atoms with Gasteiger partial charge in [0.15, 0.2) is 0 Å². The number of anilines is 1. The molecule has 158 valence electrons. The molecule has 1 N–H and O–H groups in total. The normalized spacial score (nSPS) is 17.5. The van der Waals surface area contributed by atoms with E-state index in [1.54, 1.807) is 7.11 Å². The summed E-state index contributed by atoms with van der Waals surface area (Å²) in [7, 11) is 3.68. The standard InChI is InChI=1S/C22H26N4O4/c1-14-12-22(2,3)25(4)19-11-20(30-5)16(10-18(14)19)13-23-24-21(27)15-7-6-8-17(9-15)26(28)29/h6-11,13-14H,12H2,1-5H3,(H,24,27)/b23-13-. The summed E-state index contributed by atoms with van der Waals surface area (Å²) in [5.41, 5.74) is 5.54. The van der Waals surface area contributed by atoms with E-state index in [2.05, 4.69) is 43.2 Å². The number of nitrogens with zero attached hydrogens (tertiary/aromatic N) is 3. The van der Waals surface area contributed by atoms with Crippen LogP contribution in [0.5, 0.6) is 5.75 Å². The molecule has 2 aromatic carbocycles. The fourth-order valence-electron chi connectivity index (χ4n) is 3.87. The molecule has 1 heterocycles. The van der Waals surface area contributed by atoms with E-state index in [1.807, 2.05) is 12.1 Å². The number of rotatable bonds is 5. The predicted octanol–water partition coefficient (Wildman–Crippen LogP) is 4.09. The number of methoxy groups -OCH3 is 1. The number of hydrogen-bond acceptors (Lipinski definition) is 6. The molecule has 8 heteroatoms. The summed E-state index contributed by atoms with van der Waals surface area (Å²) >= 11 is 0. The number of benzene rings is 2. The molecule has 0 fully saturated rings. The van der Waals surface area contributed by atoms with Gasteiger partial charge in [-0.05, 0) is 43.9 Å². The van der Waals surface area contributed by atoms with Crippen LogP contribution in [0.2, 0.25) is 0 Å². The van der Waals surface area contributed by atoms with Crippen molar-refractivity contribution in [2.75, 3.05) is 19.1 Å². The van der Waals surface area contributed by atoms with Crippen LogP contribution in [0.1, 0.15) is 54.6 Å². The molecule has 1 aliphatic heterocycles. The maximum Gasteiger partial charge on any atom is 0.271 e. The number of hydrazone groups is 1. The molecule has 2 aromatic rings. The number of non-ortho nitro benzene ring substituents is 1. The topological polar surface area (TPSA) is 97.1 Å². The van der Waals surface area contributed by atoms with Crippen LogP contribution >= 0.6 is 0 Å². The van der Waals surface area contributed by atoms with Crippen molar-refractivity contribution in [1.29, 1.82) is 0 Å². The van der Waals surface area contributed by atoms with Crippen molar-refractivity contribution >= 4 is 23.5 Å². The van der Waals surface area contributed by atoms with E-state index in [-0.39, 0.29) is 16.8 Å². The molecule has 0 spiro atoms. The van der Waals surface area contributed by atoms with Gasteiger partial charge in [0.05, 0.1) is 18.2 Å². The third kappa shape index (κ3) is 4.12. The lowest BCUT2D eigenvalue weighted by Gasteiger charge is -2.45. The van der Waals surface area contributed by atoms with Crippen molar-refractivity contribution in [3.05, 3.63) is 63.2 Å². The van der Waals surface area contributed by atoms with E-state index in [9.17, 15) is 14.9 Å². The molecule has 0 saturated heterocycles. The van der Waals surface area contributed by atoms with Crippen molar-refractivity contribution < 1.29 is 14.5 Å². The van der Waals surface area contributed by atoms with Crippen molar-refractivity contribution in [2.24, 2.45) is 5.10 Å². The average Bonchev–Trinajstić information content (AvgIpc) is 2.71. The van der Waals surface area contributed by atoms with Gasteiger partial charge in [0.1, 0.15) is 5.75 Å². The minimum absolute atomic E-state index is 0.0410. The zero-order chi connectivity index (χ0) is 22.1. The second-order valence-electron chi connectivity index (χ2n) is 8.14. The van der Waals surface area contributed by atoms with Crippen LogP contribution in [0.15, 0.2) is 41.5 Å². The number of hydrogen-bond donors (Lipinski definition) is 1. The maximum absolute atomic E-state index is 12.3. The Balaban J connectivity index is 1.84. The monoisotopic (exact) mass is 410 g/mol. The average molecular weight is 410 g/mol. The third-order valence-electron chi connectivity index (χ3n) is 5.67. The number of carbonyl (C=O) groups excluding carboxylic acids is 1. The van der Waals surface area contributed by atoms with Crippen molar-refractivity contribution in [2.45, 2.75) is 38.6 Å². The van der Waals surface area contributed by atoms with E-state index in [1.165, 1.54) is 36.0 Å². The van der Waals surface area contributed by atoms with E-state index >= 15 is 0 Å². The smallest absolute Gasteiger partial charge is 0.271 e. The highest BCUT2D eigenvalue weighted by atomic mass is 16.6. The molecule has 0 radical (unpaired) electrons. The largest absolute Gasteiger partial charge is 0.496 e. The number of amides is 1. The van der Waals surface area contributed by atoms with Crippen LogP contribution in [0, 0.1) is 10.1 Å². The summed E-state index contributed by atoms with van der Waals surface area (Å²) in [5.74, 6) is 0.490. The van der Waals surface area contributed by atoms with E-state index in [0.717, 1.165) is 17.7 Å². The van der Waals surface area contributed by atoms with Crippen LogP contribution in [0.3, 0.4) is 0 Å². The molecule has 0 bridgehead atoms. The fourth-order valence-corrected chi connectivity index (χ4v) is 3.87. The van der Waals surface area contributed by atoms with Crippen LogP contribution in [0.25, 0.3) is 0 Å². The first-order valence-electron chi connectivity index (χ1n) is 9.67. The molecule has 1 aliphatic rings. The van der Waals surface area contributed by atoms with Crippen molar-refractivity contribution in [1.82, 2.24) is 5.43 Å². The van der Waals surface area contributed by atoms with Gasteiger partial charge in [0.2, 0.25) is 0 Å². The van der Waals surface area contributed by atoms with Crippen LogP contribution in [-0.2, 0) is 0 Å². The second-order valence-corrected chi connectivity index (χ2v) is 8.14. The Morgan fingerprint density at radius 3 is 2.77 bits per heavy atom. The molecule has 3 rings (SSSR count). The maximum atomic E-state index is 12.3. The quantitative estimate of drug-likeness (QED) is 0.455. The zero-order valence-electron chi connectivity index (χ0n) is 17.8. The number of fused-ring (bicyclic) bond motifs is 1. The van der Waals surface area contributed by atoms with Crippen LogP contribution in [-0.4, -0.2) is 36.7 Å². The first kappa shape index (κ1) is 21.3. The van der Waals surface area contributed by atoms with E-state index in [0.29, 0.717) is 11.7 Å². The zero-order valence-corrected chi connectivity index (χ0v) is 17.8.